The van der Waals surface area contributed by atoms with Gasteiger partial charge in [0, 0.05) is 6.21 Å². The van der Waals surface area contributed by atoms with Crippen LogP contribution in [0.2, 0.25) is 0 Å². The molecule has 0 radical (unpaired) electrons. The van der Waals surface area contributed by atoms with Crippen LogP contribution in [0.5, 0.6) is 0 Å². The van der Waals surface area contributed by atoms with Crippen LogP contribution < -0.4 is 0 Å². The number of benzene rings is 2. The van der Waals surface area contributed by atoms with Crippen molar-refractivity contribution >= 4 is 29.3 Å². The summed E-state index contributed by atoms with van der Waals surface area (Å²) in [6, 6.07) is 24.6. The Morgan fingerprint density at radius 2 is 1.43 bits per heavy atom. The van der Waals surface area contributed by atoms with Gasteiger partial charge in [0.15, 0.2) is 0 Å². The summed E-state index contributed by atoms with van der Waals surface area (Å²) in [5, 5.41) is 2.08. The van der Waals surface area contributed by atoms with Crippen molar-refractivity contribution in [3.8, 4) is 0 Å². The van der Waals surface area contributed by atoms with Crippen molar-refractivity contribution in [1.29, 1.82) is 0 Å². The molecule has 1 heterocycles. The van der Waals surface area contributed by atoms with Crippen molar-refractivity contribution in [1.82, 2.24) is 0 Å². The molecule has 1 aromatic heterocycles. The minimum atomic E-state index is 0.986. The molecule has 0 saturated carbocycles. The van der Waals surface area contributed by atoms with Crippen LogP contribution in [0.3, 0.4) is 0 Å². The highest BCUT2D eigenvalue weighted by Crippen LogP contribution is 2.24. The molecule has 3 rings (SSSR count). The smallest absolute Gasteiger partial charge is 0.0807 e. The molecule has 0 aliphatic rings. The van der Waals surface area contributed by atoms with Gasteiger partial charge in [-0.15, -0.1) is 11.3 Å². The summed E-state index contributed by atoms with van der Waals surface area (Å²) in [6.07, 6.45) is 4.03. The second-order valence-electron chi connectivity index (χ2n) is 4.59. The van der Waals surface area contributed by atoms with E-state index in [0.29, 0.717) is 0 Å². The van der Waals surface area contributed by atoms with E-state index in [2.05, 4.69) is 52.8 Å². The van der Waals surface area contributed by atoms with Gasteiger partial charge in [0.05, 0.1) is 10.6 Å². The molecule has 2 heteroatoms. The highest BCUT2D eigenvalue weighted by molar-refractivity contribution is 7.11. The van der Waals surface area contributed by atoms with E-state index in [1.165, 1.54) is 4.88 Å². The highest BCUT2D eigenvalue weighted by Gasteiger charge is 2.01. The molecule has 0 amide bonds. The molecule has 21 heavy (non-hydrogen) atoms. The van der Waals surface area contributed by atoms with E-state index in [1.807, 2.05) is 42.6 Å². The number of thiophene rings is 1. The number of hydrogen-bond donors (Lipinski definition) is 0. The molecule has 3 aromatic rings. The summed E-state index contributed by atoms with van der Waals surface area (Å²) < 4.78 is 0. The highest BCUT2D eigenvalue weighted by atomic mass is 32.1. The largest absolute Gasteiger partial charge is 0.255 e. The van der Waals surface area contributed by atoms with Crippen molar-refractivity contribution in [2.45, 2.75) is 0 Å². The van der Waals surface area contributed by atoms with Gasteiger partial charge in [0.25, 0.3) is 0 Å². The molecule has 0 atom stereocenters. The molecular weight excluding hydrogens is 274 g/mol. The van der Waals surface area contributed by atoms with Crippen molar-refractivity contribution in [2.75, 3.05) is 0 Å². The Bertz CT molecular complexity index is 726. The van der Waals surface area contributed by atoms with Crippen LogP contribution in [-0.4, -0.2) is 6.21 Å². The van der Waals surface area contributed by atoms with Gasteiger partial charge in [0.1, 0.15) is 0 Å². The van der Waals surface area contributed by atoms with Crippen molar-refractivity contribution in [3.63, 3.8) is 0 Å². The van der Waals surface area contributed by atoms with Crippen LogP contribution in [0, 0.1) is 0 Å². The van der Waals surface area contributed by atoms with Gasteiger partial charge < -0.3 is 0 Å². The molecule has 0 bridgehead atoms. The van der Waals surface area contributed by atoms with E-state index < -0.39 is 0 Å². The Morgan fingerprint density at radius 1 is 0.762 bits per heavy atom. The topological polar surface area (TPSA) is 12.4 Å². The summed E-state index contributed by atoms with van der Waals surface area (Å²) >= 11 is 1.70. The molecule has 2 aromatic carbocycles. The third-order valence-electron chi connectivity index (χ3n) is 3.03. The Balaban J connectivity index is 1.94. The standard InChI is InChI=1S/C19H15NS/c1-3-8-16(9-4-1)14-18(19-12-7-13-21-19)20-15-17-10-5-2-6-11-17/h1-15H/b18-14-,20-15?. The number of nitrogens with zero attached hydrogens (tertiary/aromatic N) is 1. The first-order valence-electron chi connectivity index (χ1n) is 6.81. The molecule has 0 N–H and O–H groups in total. The van der Waals surface area contributed by atoms with Gasteiger partial charge in [-0.1, -0.05) is 66.7 Å². The molecule has 0 saturated heterocycles. The van der Waals surface area contributed by atoms with Gasteiger partial charge in [0.2, 0.25) is 0 Å². The Morgan fingerprint density at radius 3 is 2.05 bits per heavy atom. The molecular formula is C19H15NS. The number of rotatable bonds is 4. The number of hydrogen-bond acceptors (Lipinski definition) is 2. The van der Waals surface area contributed by atoms with Crippen LogP contribution in [0.15, 0.2) is 83.2 Å². The van der Waals surface area contributed by atoms with E-state index in [9.17, 15) is 0 Å². The molecule has 1 nitrogen and oxygen atoms in total. The van der Waals surface area contributed by atoms with Crippen LogP contribution >= 0.6 is 11.3 Å². The van der Waals surface area contributed by atoms with Gasteiger partial charge in [-0.3, -0.25) is 4.99 Å². The average molecular weight is 289 g/mol. The lowest BCUT2D eigenvalue weighted by atomic mass is 10.2. The van der Waals surface area contributed by atoms with E-state index in [-0.39, 0.29) is 0 Å². The van der Waals surface area contributed by atoms with Crippen LogP contribution in [-0.2, 0) is 0 Å². The monoisotopic (exact) mass is 289 g/mol. The average Bonchev–Trinajstić information content (AvgIpc) is 3.08. The van der Waals surface area contributed by atoms with Gasteiger partial charge in [-0.2, -0.15) is 0 Å². The first kappa shape index (κ1) is 13.5. The predicted octanol–water partition coefficient (Wildman–Crippen LogP) is 5.37. The third-order valence-corrected chi connectivity index (χ3v) is 3.92. The summed E-state index contributed by atoms with van der Waals surface area (Å²) in [6.45, 7) is 0. The van der Waals surface area contributed by atoms with Crippen LogP contribution in [0.4, 0.5) is 0 Å². The van der Waals surface area contributed by atoms with E-state index >= 15 is 0 Å². The number of aliphatic imine (C=N–C) groups is 1. The van der Waals surface area contributed by atoms with Crippen molar-refractivity contribution in [2.24, 2.45) is 4.99 Å². The second kappa shape index (κ2) is 6.82. The van der Waals surface area contributed by atoms with E-state index in [0.717, 1.165) is 16.8 Å². The molecule has 0 fully saturated rings. The second-order valence-corrected chi connectivity index (χ2v) is 5.53. The lowest BCUT2D eigenvalue weighted by Gasteiger charge is -2.00. The van der Waals surface area contributed by atoms with Crippen LogP contribution in [0.25, 0.3) is 11.8 Å². The zero-order valence-electron chi connectivity index (χ0n) is 11.5. The third kappa shape index (κ3) is 3.77. The Labute approximate surface area is 128 Å². The maximum atomic E-state index is 4.68. The predicted molar refractivity (Wildman–Crippen MR) is 92.7 cm³/mol. The zero-order valence-corrected chi connectivity index (χ0v) is 12.3. The van der Waals surface area contributed by atoms with E-state index in [1.54, 1.807) is 11.3 Å². The fourth-order valence-electron chi connectivity index (χ4n) is 1.99. The summed E-state index contributed by atoms with van der Waals surface area (Å²) in [5.74, 6) is 0. The summed E-state index contributed by atoms with van der Waals surface area (Å²) in [5.41, 5.74) is 3.25. The molecule has 0 aliphatic heterocycles. The van der Waals surface area contributed by atoms with Gasteiger partial charge >= 0.3 is 0 Å². The quantitative estimate of drug-likeness (QED) is 0.573. The van der Waals surface area contributed by atoms with Crippen LogP contribution in [0.1, 0.15) is 16.0 Å². The van der Waals surface area contributed by atoms with Gasteiger partial charge in [-0.05, 0) is 28.6 Å². The zero-order chi connectivity index (χ0) is 14.3. The Hall–Kier alpha value is -2.45. The molecule has 0 unspecified atom stereocenters. The molecule has 0 spiro atoms. The normalized spacial score (nSPS) is 11.9. The summed E-state index contributed by atoms with van der Waals surface area (Å²) in [4.78, 5) is 5.85. The van der Waals surface area contributed by atoms with Crippen molar-refractivity contribution in [3.05, 3.63) is 94.2 Å². The fourth-order valence-corrected chi connectivity index (χ4v) is 2.68. The minimum Gasteiger partial charge on any atom is -0.255 e. The van der Waals surface area contributed by atoms with E-state index in [4.69, 9.17) is 0 Å². The van der Waals surface area contributed by atoms with Gasteiger partial charge in [-0.25, -0.2) is 0 Å². The lowest BCUT2D eigenvalue weighted by Crippen LogP contribution is -1.82. The maximum Gasteiger partial charge on any atom is 0.0807 e. The SMILES string of the molecule is C(=N/C(=C\c1ccccc1)c1cccs1)c1ccccc1. The Kier molecular flexibility index (Phi) is 4.39. The lowest BCUT2D eigenvalue weighted by molar-refractivity contribution is 1.57. The first-order chi connectivity index (χ1) is 10.4. The fraction of sp³-hybridized carbons (Fsp3) is 0. The minimum absolute atomic E-state index is 0.986. The first-order valence-corrected chi connectivity index (χ1v) is 7.69. The molecule has 0 aliphatic carbocycles. The summed E-state index contributed by atoms with van der Waals surface area (Å²) in [7, 11) is 0. The maximum absolute atomic E-state index is 4.68. The van der Waals surface area contributed by atoms with Crippen molar-refractivity contribution < 1.29 is 0 Å². The molecule has 102 valence electrons.